The molecule has 0 spiro atoms. The first-order valence-electron chi connectivity index (χ1n) is 17.0. The number of carbonyl (C=O) groups is 2. The molecule has 2 saturated heterocycles. The average Bonchev–Trinajstić information content (AvgIpc) is 2.97. The number of aromatic nitrogens is 3. The first-order valence-corrected chi connectivity index (χ1v) is 17.0. The Morgan fingerprint density at radius 1 is 0.755 bits per heavy atom. The summed E-state index contributed by atoms with van der Waals surface area (Å²) in [7, 11) is 3.50. The predicted octanol–water partition coefficient (Wildman–Crippen LogP) is 5.01. The molecule has 1 aromatic heterocycles. The van der Waals surface area contributed by atoms with Gasteiger partial charge in [0, 0.05) is 36.3 Å². The van der Waals surface area contributed by atoms with Gasteiger partial charge in [-0.1, -0.05) is 11.8 Å². The van der Waals surface area contributed by atoms with Gasteiger partial charge in [-0.15, -0.1) is 12.8 Å². The smallest absolute Gasteiger partial charge is 0.349 e. The number of nitrogens with zero attached hydrogens (tertiary/aromatic N) is 8. The van der Waals surface area contributed by atoms with Gasteiger partial charge in [-0.2, -0.15) is 15.0 Å². The minimum absolute atomic E-state index is 0.0507. The van der Waals surface area contributed by atoms with Crippen LogP contribution in [0.1, 0.15) is 94.9 Å². The van der Waals surface area contributed by atoms with Crippen LogP contribution in [-0.4, -0.2) is 111 Å². The van der Waals surface area contributed by atoms with Crippen LogP contribution in [0.4, 0.5) is 17.8 Å². The minimum atomic E-state index is -0.611. The van der Waals surface area contributed by atoms with Crippen LogP contribution in [-0.2, 0) is 19.1 Å². The zero-order valence-electron chi connectivity index (χ0n) is 31.6. The third-order valence-electron chi connectivity index (χ3n) is 9.97. The number of hydrogen-bond donors (Lipinski definition) is 0. The van der Waals surface area contributed by atoms with E-state index in [1.807, 2.05) is 13.8 Å². The van der Waals surface area contributed by atoms with Crippen LogP contribution in [0.5, 0.6) is 0 Å². The maximum Gasteiger partial charge on any atom is 0.349 e. The second-order valence-corrected chi connectivity index (χ2v) is 16.1. The van der Waals surface area contributed by atoms with Crippen molar-refractivity contribution in [3.05, 3.63) is 0 Å². The number of rotatable bonds is 11. The van der Waals surface area contributed by atoms with Gasteiger partial charge in [0.2, 0.25) is 5.95 Å². The molecule has 2 aliphatic heterocycles. The van der Waals surface area contributed by atoms with Crippen molar-refractivity contribution in [3.8, 4) is 24.7 Å². The molecule has 0 N–H and O–H groups in total. The molecule has 0 aromatic carbocycles. The SMILES string of the molecule is C#CCN1C(C)(C)CC(C(C)OC(=O)C=Nc2nc(N=CC(=O)OC(C)C3CC(C)(C)N(CC#C)C(C)(C)C3)nc(N(C)C)n2)CC1(C)C. The van der Waals surface area contributed by atoms with E-state index in [0.29, 0.717) is 13.1 Å². The van der Waals surface area contributed by atoms with E-state index >= 15 is 0 Å². The average molecular weight is 677 g/mol. The summed E-state index contributed by atoms with van der Waals surface area (Å²) < 4.78 is 11.6. The number of esters is 2. The van der Waals surface area contributed by atoms with Crippen LogP contribution in [0.3, 0.4) is 0 Å². The monoisotopic (exact) mass is 676 g/mol. The van der Waals surface area contributed by atoms with Gasteiger partial charge >= 0.3 is 11.9 Å². The van der Waals surface area contributed by atoms with Gasteiger partial charge in [0.05, 0.1) is 13.1 Å². The van der Waals surface area contributed by atoms with Crippen LogP contribution in [0, 0.1) is 36.5 Å². The Balaban J connectivity index is 1.67. The molecule has 0 amide bonds. The van der Waals surface area contributed by atoms with Gasteiger partial charge in [0.15, 0.2) is 0 Å². The molecule has 1 aromatic rings. The lowest BCUT2D eigenvalue weighted by Crippen LogP contribution is -2.61. The van der Waals surface area contributed by atoms with E-state index < -0.39 is 11.9 Å². The molecule has 2 fully saturated rings. The molecule has 12 heteroatoms. The molecule has 12 nitrogen and oxygen atoms in total. The van der Waals surface area contributed by atoms with E-state index in [2.05, 4.69) is 102 Å². The lowest BCUT2D eigenvalue weighted by Gasteiger charge is -2.55. The number of hydrogen-bond acceptors (Lipinski definition) is 12. The molecule has 3 heterocycles. The summed E-state index contributed by atoms with van der Waals surface area (Å²) in [4.78, 5) is 53.1. The van der Waals surface area contributed by atoms with Gasteiger partial charge in [-0.05, 0) is 107 Å². The summed E-state index contributed by atoms with van der Waals surface area (Å²) in [6, 6.07) is 0. The maximum absolute atomic E-state index is 12.8. The number of anilines is 1. The number of likely N-dealkylation sites (tertiary alicyclic amines) is 2. The molecule has 2 atom stereocenters. The highest BCUT2D eigenvalue weighted by Gasteiger charge is 2.48. The molecule has 2 aliphatic rings. The molecule has 0 radical (unpaired) electrons. The van der Waals surface area contributed by atoms with Crippen LogP contribution < -0.4 is 4.90 Å². The predicted molar refractivity (Wildman–Crippen MR) is 194 cm³/mol. The zero-order valence-corrected chi connectivity index (χ0v) is 31.6. The van der Waals surface area contributed by atoms with Crippen LogP contribution >= 0.6 is 0 Å². The van der Waals surface area contributed by atoms with Gasteiger partial charge < -0.3 is 14.4 Å². The van der Waals surface area contributed by atoms with Crippen molar-refractivity contribution in [2.75, 3.05) is 32.1 Å². The zero-order chi connectivity index (χ0) is 36.9. The Labute approximate surface area is 293 Å². The van der Waals surface area contributed by atoms with Gasteiger partial charge in [0.25, 0.3) is 11.9 Å². The first kappa shape index (κ1) is 39.6. The molecule has 268 valence electrons. The molecule has 49 heavy (non-hydrogen) atoms. The Hall–Kier alpha value is -3.87. The topological polar surface area (TPSA) is 126 Å². The number of piperidine rings is 2. The van der Waals surface area contributed by atoms with Crippen molar-refractivity contribution in [1.29, 1.82) is 0 Å². The van der Waals surface area contributed by atoms with Crippen molar-refractivity contribution < 1.29 is 19.1 Å². The van der Waals surface area contributed by atoms with Gasteiger partial charge in [-0.25, -0.2) is 19.6 Å². The summed E-state index contributed by atoms with van der Waals surface area (Å²) in [5.74, 6) is 4.76. The van der Waals surface area contributed by atoms with Crippen molar-refractivity contribution >= 4 is 42.2 Å². The fourth-order valence-electron chi connectivity index (χ4n) is 7.99. The van der Waals surface area contributed by atoms with Crippen LogP contribution in [0.15, 0.2) is 9.98 Å². The normalized spacial score (nSPS) is 22.2. The molecule has 3 rings (SSSR count). The van der Waals surface area contributed by atoms with Crippen molar-refractivity contribution in [3.63, 3.8) is 0 Å². The standard InChI is InChI=1S/C37H56N8O4/c1-15-17-44-34(5,6)19-27(20-35(44,7)8)25(3)48-29(46)23-38-31-40-32(42-33(41-31)43(13)14)39-24-30(47)49-26(4)28-21-36(9,10)45(18-16-2)37(11,12)22-28/h1-2,23-28H,17-22H2,3-14H3. The highest BCUT2D eigenvalue weighted by atomic mass is 16.5. The number of carbonyl (C=O) groups excluding carboxylic acids is 2. The highest BCUT2D eigenvalue weighted by molar-refractivity contribution is 6.24. The van der Waals surface area contributed by atoms with Gasteiger partial charge in [-0.3, -0.25) is 9.80 Å². The largest absolute Gasteiger partial charge is 0.458 e. The molecule has 0 aliphatic carbocycles. The first-order chi connectivity index (χ1) is 22.6. The summed E-state index contributed by atoms with van der Waals surface area (Å²) >= 11 is 0. The lowest BCUT2D eigenvalue weighted by molar-refractivity contribution is -0.147. The summed E-state index contributed by atoms with van der Waals surface area (Å²) in [5, 5.41) is 0. The van der Waals surface area contributed by atoms with E-state index in [9.17, 15) is 9.59 Å². The Morgan fingerprint density at radius 2 is 1.08 bits per heavy atom. The number of terminal acetylenes is 2. The maximum atomic E-state index is 12.8. The molecular weight excluding hydrogens is 620 g/mol. The minimum Gasteiger partial charge on any atom is -0.458 e. The van der Waals surface area contributed by atoms with E-state index in [1.165, 1.54) is 0 Å². The van der Waals surface area contributed by atoms with E-state index in [-0.39, 0.29) is 64.0 Å². The molecule has 0 saturated carbocycles. The van der Waals surface area contributed by atoms with E-state index in [0.717, 1.165) is 38.1 Å². The third-order valence-corrected chi connectivity index (χ3v) is 9.97. The Kier molecular flexibility index (Phi) is 12.4. The van der Waals surface area contributed by atoms with Crippen molar-refractivity contribution in [2.45, 2.75) is 129 Å². The molecule has 2 unspecified atom stereocenters. The van der Waals surface area contributed by atoms with Gasteiger partial charge in [0.1, 0.15) is 24.6 Å². The summed E-state index contributed by atoms with van der Waals surface area (Å²) in [6.07, 6.45) is 16.0. The van der Waals surface area contributed by atoms with Crippen LogP contribution in [0.25, 0.3) is 0 Å². The number of aliphatic imine (C=N–C) groups is 2. The Morgan fingerprint density at radius 3 is 1.37 bits per heavy atom. The highest BCUT2D eigenvalue weighted by Crippen LogP contribution is 2.44. The summed E-state index contributed by atoms with van der Waals surface area (Å²) in [6.45, 7) is 22.3. The van der Waals surface area contributed by atoms with Crippen molar-refractivity contribution in [1.82, 2.24) is 24.8 Å². The lowest BCUT2D eigenvalue weighted by atomic mass is 9.72. The van der Waals surface area contributed by atoms with E-state index in [1.54, 1.807) is 19.0 Å². The van der Waals surface area contributed by atoms with Crippen LogP contribution in [0.2, 0.25) is 0 Å². The number of ether oxygens (including phenoxy) is 2. The van der Waals surface area contributed by atoms with E-state index in [4.69, 9.17) is 22.3 Å². The second-order valence-electron chi connectivity index (χ2n) is 16.1. The quantitative estimate of drug-likeness (QED) is 0.179. The van der Waals surface area contributed by atoms with Crippen molar-refractivity contribution in [2.24, 2.45) is 21.8 Å². The Bertz CT molecular complexity index is 1360. The fourth-order valence-corrected chi connectivity index (χ4v) is 7.99. The molecule has 0 bridgehead atoms. The fraction of sp³-hybridized carbons (Fsp3) is 0.703. The summed E-state index contributed by atoms with van der Waals surface area (Å²) in [5.41, 5.74) is -0.625. The third kappa shape index (κ3) is 10.1. The second kappa shape index (κ2) is 15.3. The molecular formula is C37H56N8O4.